The van der Waals surface area contributed by atoms with Crippen molar-refractivity contribution in [2.75, 3.05) is 20.1 Å². The summed E-state index contributed by atoms with van der Waals surface area (Å²) in [5.41, 5.74) is 0.973. The van der Waals surface area contributed by atoms with Gasteiger partial charge < -0.3 is 10.2 Å². The number of nitrogens with zero attached hydrogens (tertiary/aromatic N) is 1. The Balaban J connectivity index is 0.00000162. The lowest BCUT2D eigenvalue weighted by Gasteiger charge is -2.23. The molecule has 1 fully saturated rings. The van der Waals surface area contributed by atoms with Crippen LogP contribution in [0.15, 0.2) is 24.3 Å². The summed E-state index contributed by atoms with van der Waals surface area (Å²) >= 11 is 5.90. The molecule has 0 spiro atoms. The molecule has 5 heteroatoms. The molecule has 1 aliphatic rings. The molecule has 1 N–H and O–H groups in total. The molecule has 0 bridgehead atoms. The van der Waals surface area contributed by atoms with E-state index in [4.69, 9.17) is 11.6 Å². The third-order valence-electron chi connectivity index (χ3n) is 3.22. The summed E-state index contributed by atoms with van der Waals surface area (Å²) in [4.78, 5) is 13.9. The highest BCUT2D eigenvalue weighted by atomic mass is 35.5. The zero-order chi connectivity index (χ0) is 12.3. The van der Waals surface area contributed by atoms with Crippen LogP contribution in [0.25, 0.3) is 0 Å². The number of nitrogens with one attached hydrogen (secondary N) is 1. The molecule has 0 saturated carbocycles. The largest absolute Gasteiger partial charge is 0.341 e. The molecule has 1 aromatic rings. The predicted octanol–water partition coefficient (Wildman–Crippen LogP) is 2.12. The average molecular weight is 289 g/mol. The fraction of sp³-hybridized carbons (Fsp3) is 0.462. The monoisotopic (exact) mass is 288 g/mol. The van der Waals surface area contributed by atoms with Crippen molar-refractivity contribution in [1.29, 1.82) is 0 Å². The number of likely N-dealkylation sites (N-methyl/N-ethyl adjacent to an activating group) is 1. The van der Waals surface area contributed by atoms with E-state index < -0.39 is 0 Å². The van der Waals surface area contributed by atoms with Crippen LogP contribution in [0.5, 0.6) is 0 Å². The summed E-state index contributed by atoms with van der Waals surface area (Å²) in [6.07, 6.45) is 1.46. The van der Waals surface area contributed by atoms with E-state index in [0.717, 1.165) is 25.1 Å². The van der Waals surface area contributed by atoms with Gasteiger partial charge in [0.05, 0.1) is 6.42 Å². The number of benzene rings is 1. The fourth-order valence-electron chi connectivity index (χ4n) is 2.12. The van der Waals surface area contributed by atoms with Crippen molar-refractivity contribution >= 4 is 29.9 Å². The first-order valence-electron chi connectivity index (χ1n) is 5.87. The maximum atomic E-state index is 12.1. The van der Waals surface area contributed by atoms with Gasteiger partial charge in [0.15, 0.2) is 0 Å². The average Bonchev–Trinajstić information content (AvgIpc) is 2.81. The Kier molecular flexibility index (Phi) is 5.93. The molecule has 0 radical (unpaired) electrons. The van der Waals surface area contributed by atoms with Crippen LogP contribution in [0.4, 0.5) is 0 Å². The fourth-order valence-corrected chi connectivity index (χ4v) is 2.33. The van der Waals surface area contributed by atoms with Gasteiger partial charge in [-0.1, -0.05) is 23.7 Å². The van der Waals surface area contributed by atoms with E-state index in [9.17, 15) is 4.79 Å². The molecule has 2 rings (SSSR count). The van der Waals surface area contributed by atoms with Crippen LogP contribution in [-0.4, -0.2) is 37.0 Å². The highest BCUT2D eigenvalue weighted by Crippen LogP contribution is 2.13. The Bertz CT molecular complexity index is 406. The van der Waals surface area contributed by atoms with Gasteiger partial charge in [-0.05, 0) is 30.7 Å². The highest BCUT2D eigenvalue weighted by molar-refractivity contribution is 6.30. The molecule has 1 amide bonds. The Morgan fingerprint density at radius 1 is 1.56 bits per heavy atom. The van der Waals surface area contributed by atoms with E-state index in [2.05, 4.69) is 5.32 Å². The minimum absolute atomic E-state index is 0. The Morgan fingerprint density at radius 3 is 2.94 bits per heavy atom. The molecular formula is C13H18Cl2N2O. The number of carbonyl (C=O) groups is 1. The van der Waals surface area contributed by atoms with Gasteiger partial charge in [0.2, 0.25) is 5.91 Å². The van der Waals surface area contributed by atoms with Crippen LogP contribution in [0.2, 0.25) is 5.02 Å². The summed E-state index contributed by atoms with van der Waals surface area (Å²) in [5.74, 6) is 0.154. The minimum Gasteiger partial charge on any atom is -0.341 e. The van der Waals surface area contributed by atoms with Crippen molar-refractivity contribution < 1.29 is 4.79 Å². The van der Waals surface area contributed by atoms with Gasteiger partial charge >= 0.3 is 0 Å². The number of hydrogen-bond acceptors (Lipinski definition) is 2. The first-order valence-corrected chi connectivity index (χ1v) is 6.25. The topological polar surface area (TPSA) is 32.3 Å². The van der Waals surface area contributed by atoms with E-state index in [0.29, 0.717) is 17.5 Å². The van der Waals surface area contributed by atoms with Crippen LogP contribution >= 0.6 is 24.0 Å². The van der Waals surface area contributed by atoms with Gasteiger partial charge in [0, 0.05) is 24.7 Å². The van der Waals surface area contributed by atoms with Gasteiger partial charge in [-0.15, -0.1) is 12.4 Å². The molecule has 1 atom stereocenters. The minimum atomic E-state index is 0. The van der Waals surface area contributed by atoms with Crippen LogP contribution in [0.1, 0.15) is 12.0 Å². The maximum absolute atomic E-state index is 12.1. The summed E-state index contributed by atoms with van der Waals surface area (Å²) in [6.45, 7) is 1.90. The van der Waals surface area contributed by atoms with Crippen LogP contribution < -0.4 is 5.32 Å². The Hall–Kier alpha value is -0.770. The third-order valence-corrected chi connectivity index (χ3v) is 3.45. The number of halogens is 2. The molecule has 100 valence electrons. The molecule has 1 saturated heterocycles. The van der Waals surface area contributed by atoms with Crippen molar-refractivity contribution in [3.8, 4) is 0 Å². The SMILES string of the molecule is CN(C(=O)Cc1cccc(Cl)c1)C1CCNC1.Cl. The molecule has 0 aliphatic carbocycles. The summed E-state index contributed by atoms with van der Waals surface area (Å²) in [7, 11) is 1.88. The Labute approximate surface area is 119 Å². The lowest BCUT2D eigenvalue weighted by Crippen LogP contribution is -2.39. The summed E-state index contributed by atoms with van der Waals surface area (Å²) in [5, 5.41) is 3.95. The van der Waals surface area contributed by atoms with E-state index >= 15 is 0 Å². The van der Waals surface area contributed by atoms with Crippen molar-refractivity contribution in [2.24, 2.45) is 0 Å². The zero-order valence-corrected chi connectivity index (χ0v) is 11.9. The van der Waals surface area contributed by atoms with Crippen molar-refractivity contribution in [3.05, 3.63) is 34.9 Å². The third kappa shape index (κ3) is 3.87. The molecular weight excluding hydrogens is 271 g/mol. The second-order valence-electron chi connectivity index (χ2n) is 4.46. The van der Waals surface area contributed by atoms with Crippen LogP contribution in [0, 0.1) is 0 Å². The van der Waals surface area contributed by atoms with Gasteiger partial charge in [-0.3, -0.25) is 4.79 Å². The summed E-state index contributed by atoms with van der Waals surface area (Å²) in [6, 6.07) is 7.81. The predicted molar refractivity (Wildman–Crippen MR) is 76.4 cm³/mol. The Morgan fingerprint density at radius 2 is 2.33 bits per heavy atom. The van der Waals surface area contributed by atoms with Gasteiger partial charge in [0.1, 0.15) is 0 Å². The van der Waals surface area contributed by atoms with Gasteiger partial charge in [0.25, 0.3) is 0 Å². The maximum Gasteiger partial charge on any atom is 0.227 e. The van der Waals surface area contributed by atoms with Crippen LogP contribution in [-0.2, 0) is 11.2 Å². The zero-order valence-electron chi connectivity index (χ0n) is 10.4. The molecule has 1 heterocycles. The molecule has 1 unspecified atom stereocenters. The first kappa shape index (κ1) is 15.3. The van der Waals surface area contributed by atoms with Crippen LogP contribution in [0.3, 0.4) is 0 Å². The number of amides is 1. The smallest absolute Gasteiger partial charge is 0.227 e. The number of hydrogen-bond donors (Lipinski definition) is 1. The van der Waals surface area contributed by atoms with E-state index in [-0.39, 0.29) is 18.3 Å². The molecule has 3 nitrogen and oxygen atoms in total. The number of rotatable bonds is 3. The lowest BCUT2D eigenvalue weighted by atomic mass is 10.1. The second-order valence-corrected chi connectivity index (χ2v) is 4.89. The first-order chi connectivity index (χ1) is 8.16. The number of carbonyl (C=O) groups excluding carboxylic acids is 1. The molecule has 18 heavy (non-hydrogen) atoms. The molecule has 1 aromatic carbocycles. The van der Waals surface area contributed by atoms with E-state index in [1.807, 2.05) is 36.2 Å². The molecule has 1 aliphatic heterocycles. The molecule has 0 aromatic heterocycles. The van der Waals surface area contributed by atoms with Crippen molar-refractivity contribution in [2.45, 2.75) is 18.9 Å². The summed E-state index contributed by atoms with van der Waals surface area (Å²) < 4.78 is 0. The van der Waals surface area contributed by atoms with Crippen molar-refractivity contribution in [3.63, 3.8) is 0 Å². The highest BCUT2D eigenvalue weighted by Gasteiger charge is 2.22. The van der Waals surface area contributed by atoms with Gasteiger partial charge in [-0.25, -0.2) is 0 Å². The second kappa shape index (κ2) is 6.98. The van der Waals surface area contributed by atoms with Crippen molar-refractivity contribution in [1.82, 2.24) is 10.2 Å². The lowest BCUT2D eigenvalue weighted by molar-refractivity contribution is -0.130. The standard InChI is InChI=1S/C13H17ClN2O.ClH/c1-16(12-5-6-15-9-12)13(17)8-10-3-2-4-11(14)7-10;/h2-4,7,12,15H,5-6,8-9H2,1H3;1H. The quantitative estimate of drug-likeness (QED) is 0.924. The van der Waals surface area contributed by atoms with E-state index in [1.165, 1.54) is 0 Å². The van der Waals surface area contributed by atoms with E-state index in [1.54, 1.807) is 0 Å². The van der Waals surface area contributed by atoms with Gasteiger partial charge in [-0.2, -0.15) is 0 Å². The normalized spacial score (nSPS) is 18.2.